The lowest BCUT2D eigenvalue weighted by Crippen LogP contribution is -2.37. The van der Waals surface area contributed by atoms with Crippen molar-refractivity contribution in [2.45, 2.75) is 26.0 Å². The molecule has 0 aliphatic rings. The van der Waals surface area contributed by atoms with E-state index in [4.69, 9.17) is 32.5 Å². The highest BCUT2D eigenvalue weighted by Crippen LogP contribution is 2.26. The molecule has 0 spiro atoms. The smallest absolute Gasteiger partial charge is 0.261 e. The molecule has 1 atom stereocenters. The number of hydrogen-bond donors (Lipinski definition) is 1. The average molecular weight is 406 g/mol. The van der Waals surface area contributed by atoms with Crippen molar-refractivity contribution < 1.29 is 14.1 Å². The Morgan fingerprint density at radius 1 is 1.15 bits per heavy atom. The fraction of sp³-hybridized carbons (Fsp3) is 0.211. The second kappa shape index (κ2) is 8.88. The highest BCUT2D eigenvalue weighted by Gasteiger charge is 2.20. The number of aromatic nitrogens is 2. The van der Waals surface area contributed by atoms with Gasteiger partial charge in [0.25, 0.3) is 5.91 Å². The van der Waals surface area contributed by atoms with Crippen LogP contribution in [0.5, 0.6) is 5.75 Å². The van der Waals surface area contributed by atoms with E-state index in [1.54, 1.807) is 36.4 Å². The summed E-state index contributed by atoms with van der Waals surface area (Å²) in [5, 5.41) is 7.60. The van der Waals surface area contributed by atoms with E-state index in [1.165, 1.54) is 0 Å². The van der Waals surface area contributed by atoms with E-state index in [-0.39, 0.29) is 18.3 Å². The molecule has 0 fully saturated rings. The topological polar surface area (TPSA) is 77.2 Å². The van der Waals surface area contributed by atoms with Gasteiger partial charge in [0.05, 0.1) is 16.6 Å². The lowest BCUT2D eigenvalue weighted by Gasteiger charge is -2.17. The molecule has 0 aliphatic heterocycles. The minimum absolute atomic E-state index is 0.0820. The molecule has 27 heavy (non-hydrogen) atoms. The van der Waals surface area contributed by atoms with Crippen LogP contribution in [0.1, 0.15) is 19.2 Å². The number of nitrogens with one attached hydrogen (secondary N) is 1. The molecule has 3 aromatic rings. The van der Waals surface area contributed by atoms with E-state index in [0.29, 0.717) is 33.6 Å². The molecule has 8 heteroatoms. The van der Waals surface area contributed by atoms with Gasteiger partial charge in [0, 0.05) is 5.56 Å². The van der Waals surface area contributed by atoms with Gasteiger partial charge in [0.1, 0.15) is 5.75 Å². The van der Waals surface area contributed by atoms with Crippen molar-refractivity contribution >= 4 is 29.1 Å². The van der Waals surface area contributed by atoms with Gasteiger partial charge in [0.15, 0.2) is 6.10 Å². The Morgan fingerprint density at radius 2 is 1.85 bits per heavy atom. The molecule has 6 nitrogen and oxygen atoms in total. The van der Waals surface area contributed by atoms with Crippen LogP contribution in [-0.2, 0) is 11.3 Å². The molecular weight excluding hydrogens is 389 g/mol. The first-order chi connectivity index (χ1) is 13.1. The largest absolute Gasteiger partial charge is 0.479 e. The number of amides is 1. The van der Waals surface area contributed by atoms with E-state index in [2.05, 4.69) is 15.5 Å². The Labute approximate surface area is 166 Å². The molecule has 1 heterocycles. The van der Waals surface area contributed by atoms with E-state index in [9.17, 15) is 4.79 Å². The van der Waals surface area contributed by atoms with Crippen molar-refractivity contribution in [3.05, 3.63) is 64.5 Å². The molecule has 2 aromatic carbocycles. The summed E-state index contributed by atoms with van der Waals surface area (Å²) in [5.74, 6) is 0.796. The van der Waals surface area contributed by atoms with Crippen LogP contribution in [0.4, 0.5) is 0 Å². The van der Waals surface area contributed by atoms with Gasteiger partial charge in [-0.05, 0) is 30.7 Å². The predicted molar refractivity (Wildman–Crippen MR) is 103 cm³/mol. The Balaban J connectivity index is 1.61. The highest BCUT2D eigenvalue weighted by atomic mass is 35.5. The molecule has 0 bridgehead atoms. The van der Waals surface area contributed by atoms with Crippen LogP contribution in [0.2, 0.25) is 10.0 Å². The molecule has 0 saturated heterocycles. The second-order valence-electron chi connectivity index (χ2n) is 5.65. The molecule has 0 saturated carbocycles. The van der Waals surface area contributed by atoms with Crippen LogP contribution in [0, 0.1) is 0 Å². The molecule has 1 aromatic heterocycles. The number of halogens is 2. The first-order valence-corrected chi connectivity index (χ1v) is 9.10. The lowest BCUT2D eigenvalue weighted by atomic mass is 10.2. The molecule has 0 radical (unpaired) electrons. The van der Waals surface area contributed by atoms with Gasteiger partial charge in [-0.25, -0.2) is 0 Å². The molecule has 1 N–H and O–H groups in total. The van der Waals surface area contributed by atoms with E-state index >= 15 is 0 Å². The second-order valence-corrected chi connectivity index (χ2v) is 6.47. The Morgan fingerprint density at radius 3 is 2.56 bits per heavy atom. The maximum absolute atomic E-state index is 12.4. The number of hydrogen-bond acceptors (Lipinski definition) is 5. The molecule has 1 amide bonds. The third kappa shape index (κ3) is 4.78. The van der Waals surface area contributed by atoms with Crippen molar-refractivity contribution in [1.82, 2.24) is 15.5 Å². The summed E-state index contributed by atoms with van der Waals surface area (Å²) in [6, 6.07) is 14.2. The summed E-state index contributed by atoms with van der Waals surface area (Å²) >= 11 is 12.2. The minimum atomic E-state index is -0.684. The minimum Gasteiger partial charge on any atom is -0.479 e. The van der Waals surface area contributed by atoms with Gasteiger partial charge in [-0.3, -0.25) is 4.79 Å². The Bertz CT molecular complexity index is 930. The number of rotatable bonds is 7. The van der Waals surface area contributed by atoms with Crippen molar-refractivity contribution in [2.75, 3.05) is 0 Å². The summed E-state index contributed by atoms with van der Waals surface area (Å²) < 4.78 is 10.9. The zero-order valence-corrected chi connectivity index (χ0v) is 16.0. The normalized spacial score (nSPS) is 11.8. The van der Waals surface area contributed by atoms with Gasteiger partial charge in [-0.15, -0.1) is 0 Å². The number of ether oxygens (including phenoxy) is 1. The summed E-state index contributed by atoms with van der Waals surface area (Å²) in [5.41, 5.74) is 0.661. The third-order valence-corrected chi connectivity index (χ3v) is 4.41. The van der Waals surface area contributed by atoms with Crippen molar-refractivity contribution in [3.8, 4) is 17.1 Å². The zero-order valence-electron chi connectivity index (χ0n) is 14.5. The van der Waals surface area contributed by atoms with Crippen LogP contribution in [0.25, 0.3) is 11.4 Å². The van der Waals surface area contributed by atoms with Crippen LogP contribution in [0.3, 0.4) is 0 Å². The van der Waals surface area contributed by atoms with Crippen LogP contribution in [0.15, 0.2) is 53.1 Å². The summed E-state index contributed by atoms with van der Waals surface area (Å²) in [4.78, 5) is 16.7. The SMILES string of the molecule is CC[C@@H](Oc1ccccc1Cl)C(=O)NCc1nc(-c2ccccc2Cl)no1. The summed E-state index contributed by atoms with van der Waals surface area (Å²) in [6.07, 6.45) is -0.206. The zero-order chi connectivity index (χ0) is 19.2. The van der Waals surface area contributed by atoms with Gasteiger partial charge in [-0.1, -0.05) is 59.5 Å². The van der Waals surface area contributed by atoms with Crippen LogP contribution < -0.4 is 10.1 Å². The third-order valence-electron chi connectivity index (χ3n) is 3.77. The fourth-order valence-corrected chi connectivity index (χ4v) is 2.77. The van der Waals surface area contributed by atoms with Crippen molar-refractivity contribution in [3.63, 3.8) is 0 Å². The van der Waals surface area contributed by atoms with Crippen molar-refractivity contribution in [2.24, 2.45) is 0 Å². The molecule has 0 aliphatic carbocycles. The van der Waals surface area contributed by atoms with Gasteiger partial charge >= 0.3 is 0 Å². The van der Waals surface area contributed by atoms with E-state index in [1.807, 2.05) is 19.1 Å². The van der Waals surface area contributed by atoms with E-state index in [0.717, 1.165) is 0 Å². The first kappa shape index (κ1) is 19.2. The summed E-state index contributed by atoms with van der Waals surface area (Å²) in [6.45, 7) is 1.93. The van der Waals surface area contributed by atoms with Gasteiger partial charge in [-0.2, -0.15) is 4.98 Å². The van der Waals surface area contributed by atoms with Gasteiger partial charge < -0.3 is 14.6 Å². The summed E-state index contributed by atoms with van der Waals surface area (Å²) in [7, 11) is 0. The lowest BCUT2D eigenvalue weighted by molar-refractivity contribution is -0.128. The van der Waals surface area contributed by atoms with Crippen LogP contribution >= 0.6 is 23.2 Å². The Hall–Kier alpha value is -2.57. The molecular formula is C19H17Cl2N3O3. The monoisotopic (exact) mass is 405 g/mol. The predicted octanol–water partition coefficient (Wildman–Crippen LogP) is 4.52. The first-order valence-electron chi connectivity index (χ1n) is 8.35. The van der Waals surface area contributed by atoms with Crippen molar-refractivity contribution in [1.29, 1.82) is 0 Å². The standard InChI is InChI=1S/C19H17Cl2N3O3/c1-2-15(26-16-10-6-5-9-14(16)21)19(25)22-11-17-23-18(24-27-17)12-7-3-4-8-13(12)20/h3-10,15H,2,11H2,1H3,(H,22,25)/t15-/m1/s1. The number of carbonyl (C=O) groups is 1. The number of nitrogens with zero attached hydrogens (tertiary/aromatic N) is 2. The maximum Gasteiger partial charge on any atom is 0.261 e. The molecule has 0 unspecified atom stereocenters. The fourth-order valence-electron chi connectivity index (χ4n) is 2.37. The molecule has 3 rings (SSSR count). The quantitative estimate of drug-likeness (QED) is 0.625. The number of benzene rings is 2. The maximum atomic E-state index is 12.4. The van der Waals surface area contributed by atoms with E-state index < -0.39 is 6.10 Å². The molecule has 140 valence electrons. The number of carbonyl (C=O) groups excluding carboxylic acids is 1. The van der Waals surface area contributed by atoms with Gasteiger partial charge in [0.2, 0.25) is 11.7 Å². The number of para-hydroxylation sites is 1. The highest BCUT2D eigenvalue weighted by molar-refractivity contribution is 6.33. The van der Waals surface area contributed by atoms with Crippen LogP contribution in [-0.4, -0.2) is 22.2 Å². The average Bonchev–Trinajstić information content (AvgIpc) is 3.14. The Kier molecular flexibility index (Phi) is 6.32.